The number of hydrogen-bond donors (Lipinski definition) is 2. The number of rotatable bonds is 6. The van der Waals surface area contributed by atoms with Crippen LogP contribution < -0.4 is 15.4 Å². The van der Waals surface area contributed by atoms with Crippen molar-refractivity contribution in [3.05, 3.63) is 65.9 Å². The van der Waals surface area contributed by atoms with Gasteiger partial charge in [-0.3, -0.25) is 4.79 Å². The van der Waals surface area contributed by atoms with E-state index in [0.29, 0.717) is 17.3 Å². The van der Waals surface area contributed by atoms with Crippen molar-refractivity contribution in [1.29, 1.82) is 0 Å². The summed E-state index contributed by atoms with van der Waals surface area (Å²) in [7, 11) is 1.63. The van der Waals surface area contributed by atoms with Crippen LogP contribution in [0, 0.1) is 6.92 Å². The number of Topliss-reactive ketones (excluding diaryl/α,β-unsaturated/α-hetero) is 1. The zero-order valence-corrected chi connectivity index (χ0v) is 14.9. The average Bonchev–Trinajstić information content (AvgIpc) is 2.62. The fraction of sp³-hybridized carbons (Fsp3) is 0.150. The minimum Gasteiger partial charge on any atom is -0.497 e. The summed E-state index contributed by atoms with van der Waals surface area (Å²) < 4.78 is 5.16. The predicted octanol–water partition coefficient (Wildman–Crippen LogP) is 4.48. The quantitative estimate of drug-likeness (QED) is 0.640. The van der Waals surface area contributed by atoms with Crippen LogP contribution in [0.3, 0.4) is 0 Å². The Morgan fingerprint density at radius 3 is 2.42 bits per heavy atom. The molecule has 0 fully saturated rings. The van der Waals surface area contributed by atoms with Crippen molar-refractivity contribution < 1.29 is 9.53 Å². The van der Waals surface area contributed by atoms with E-state index in [9.17, 15) is 4.79 Å². The molecule has 2 N–H and O–H groups in total. The van der Waals surface area contributed by atoms with Crippen LogP contribution in [0.2, 0.25) is 0 Å². The molecule has 6 heteroatoms. The first-order chi connectivity index (χ1) is 12.5. The smallest absolute Gasteiger partial charge is 0.229 e. The van der Waals surface area contributed by atoms with Crippen LogP contribution in [0.15, 0.2) is 54.6 Å². The van der Waals surface area contributed by atoms with Crippen molar-refractivity contribution in [1.82, 2.24) is 9.97 Å². The summed E-state index contributed by atoms with van der Waals surface area (Å²) in [4.78, 5) is 20.4. The topological polar surface area (TPSA) is 76.1 Å². The van der Waals surface area contributed by atoms with Gasteiger partial charge < -0.3 is 15.4 Å². The second kappa shape index (κ2) is 7.65. The third kappa shape index (κ3) is 4.36. The van der Waals surface area contributed by atoms with Crippen LogP contribution in [0.1, 0.15) is 23.0 Å². The Morgan fingerprint density at radius 2 is 1.73 bits per heavy atom. The molecule has 0 aliphatic carbocycles. The van der Waals surface area contributed by atoms with Gasteiger partial charge >= 0.3 is 0 Å². The van der Waals surface area contributed by atoms with Gasteiger partial charge in [0.05, 0.1) is 7.11 Å². The molecule has 0 amide bonds. The molecule has 0 spiro atoms. The number of ketones is 1. The molecular formula is C20H20N4O2. The second-order valence-corrected chi connectivity index (χ2v) is 5.83. The first kappa shape index (κ1) is 17.4. The standard InChI is InChI=1S/C20H20N4O2/c1-13-11-19(22-16-7-9-18(26-3)10-8-16)24-20(21-13)23-17-6-4-5-15(12-17)14(2)25/h4-12H,1-3H3,(H2,21,22,23,24). The van der Waals surface area contributed by atoms with E-state index in [1.54, 1.807) is 26.2 Å². The molecule has 1 heterocycles. The summed E-state index contributed by atoms with van der Waals surface area (Å²) in [6.07, 6.45) is 0. The maximum atomic E-state index is 11.5. The Morgan fingerprint density at radius 1 is 0.962 bits per heavy atom. The Hall–Kier alpha value is -3.41. The van der Waals surface area contributed by atoms with E-state index in [1.165, 1.54) is 0 Å². The highest BCUT2D eigenvalue weighted by Gasteiger charge is 2.06. The second-order valence-electron chi connectivity index (χ2n) is 5.83. The molecule has 0 bridgehead atoms. The van der Waals surface area contributed by atoms with Crippen molar-refractivity contribution in [2.75, 3.05) is 17.7 Å². The van der Waals surface area contributed by atoms with Gasteiger partial charge in [0.2, 0.25) is 5.95 Å². The van der Waals surface area contributed by atoms with Crippen molar-refractivity contribution in [3.63, 3.8) is 0 Å². The number of nitrogens with zero attached hydrogens (tertiary/aromatic N) is 2. The lowest BCUT2D eigenvalue weighted by Gasteiger charge is -2.11. The van der Waals surface area contributed by atoms with Gasteiger partial charge in [0.25, 0.3) is 0 Å². The van der Waals surface area contributed by atoms with Gasteiger partial charge in [0, 0.05) is 28.7 Å². The van der Waals surface area contributed by atoms with Crippen molar-refractivity contribution in [2.45, 2.75) is 13.8 Å². The Labute approximate surface area is 152 Å². The van der Waals surface area contributed by atoms with Crippen LogP contribution in [0.25, 0.3) is 0 Å². The van der Waals surface area contributed by atoms with E-state index in [4.69, 9.17) is 4.74 Å². The van der Waals surface area contributed by atoms with Crippen molar-refractivity contribution in [3.8, 4) is 5.75 Å². The molecule has 0 aliphatic rings. The van der Waals surface area contributed by atoms with Gasteiger partial charge in [-0.05, 0) is 50.2 Å². The third-order valence-corrected chi connectivity index (χ3v) is 3.74. The van der Waals surface area contributed by atoms with Gasteiger partial charge in [-0.15, -0.1) is 0 Å². The monoisotopic (exact) mass is 348 g/mol. The first-order valence-corrected chi connectivity index (χ1v) is 8.18. The molecule has 6 nitrogen and oxygen atoms in total. The maximum absolute atomic E-state index is 11.5. The van der Waals surface area contributed by atoms with Crippen LogP contribution in [-0.2, 0) is 0 Å². The predicted molar refractivity (Wildman–Crippen MR) is 103 cm³/mol. The number of aryl methyl sites for hydroxylation is 1. The molecule has 1 aromatic heterocycles. The van der Waals surface area contributed by atoms with Crippen LogP contribution >= 0.6 is 0 Å². The van der Waals surface area contributed by atoms with Gasteiger partial charge in [-0.2, -0.15) is 4.98 Å². The molecule has 2 aromatic carbocycles. The first-order valence-electron chi connectivity index (χ1n) is 8.18. The van der Waals surface area contributed by atoms with Crippen LogP contribution in [-0.4, -0.2) is 22.9 Å². The number of hydrogen-bond acceptors (Lipinski definition) is 6. The summed E-state index contributed by atoms with van der Waals surface area (Å²) in [5.74, 6) is 1.94. The lowest BCUT2D eigenvalue weighted by molar-refractivity contribution is 0.101. The molecular weight excluding hydrogens is 328 g/mol. The highest BCUT2D eigenvalue weighted by Crippen LogP contribution is 2.21. The molecule has 0 radical (unpaired) electrons. The van der Waals surface area contributed by atoms with E-state index in [-0.39, 0.29) is 5.78 Å². The summed E-state index contributed by atoms with van der Waals surface area (Å²) >= 11 is 0. The fourth-order valence-corrected chi connectivity index (χ4v) is 2.46. The zero-order chi connectivity index (χ0) is 18.5. The van der Waals surface area contributed by atoms with E-state index >= 15 is 0 Å². The summed E-state index contributed by atoms with van der Waals surface area (Å²) in [6, 6.07) is 16.7. The van der Waals surface area contributed by atoms with Crippen LogP contribution in [0.5, 0.6) is 5.75 Å². The summed E-state index contributed by atoms with van der Waals surface area (Å²) in [5, 5.41) is 6.40. The number of benzene rings is 2. The number of carbonyl (C=O) groups excluding carboxylic acids is 1. The van der Waals surface area contributed by atoms with Crippen molar-refractivity contribution in [2.24, 2.45) is 0 Å². The highest BCUT2D eigenvalue weighted by atomic mass is 16.5. The molecule has 26 heavy (non-hydrogen) atoms. The molecule has 0 atom stereocenters. The molecule has 3 rings (SSSR count). The Kier molecular flexibility index (Phi) is 5.12. The third-order valence-electron chi connectivity index (χ3n) is 3.74. The SMILES string of the molecule is COc1ccc(Nc2cc(C)nc(Nc3cccc(C(C)=O)c3)n2)cc1. The molecule has 0 saturated heterocycles. The number of aromatic nitrogens is 2. The summed E-state index contributed by atoms with van der Waals surface area (Å²) in [6.45, 7) is 3.44. The summed E-state index contributed by atoms with van der Waals surface area (Å²) in [5.41, 5.74) is 3.12. The normalized spacial score (nSPS) is 10.3. The lowest BCUT2D eigenvalue weighted by Crippen LogP contribution is -2.03. The molecule has 0 unspecified atom stereocenters. The number of nitrogens with one attached hydrogen (secondary N) is 2. The fourth-order valence-electron chi connectivity index (χ4n) is 2.46. The molecule has 0 aliphatic heterocycles. The molecule has 0 saturated carbocycles. The van der Waals surface area contributed by atoms with E-state index in [1.807, 2.05) is 49.4 Å². The zero-order valence-electron chi connectivity index (χ0n) is 14.9. The van der Waals surface area contributed by atoms with Gasteiger partial charge in [0.15, 0.2) is 5.78 Å². The number of carbonyl (C=O) groups is 1. The Bertz CT molecular complexity index is 923. The van der Waals surface area contributed by atoms with E-state index in [0.717, 1.165) is 22.8 Å². The minimum atomic E-state index is 0.0145. The maximum Gasteiger partial charge on any atom is 0.229 e. The largest absolute Gasteiger partial charge is 0.497 e. The van der Waals surface area contributed by atoms with E-state index in [2.05, 4.69) is 20.6 Å². The molecule has 3 aromatic rings. The number of ether oxygens (including phenoxy) is 1. The lowest BCUT2D eigenvalue weighted by atomic mass is 10.1. The Balaban J connectivity index is 1.80. The van der Waals surface area contributed by atoms with Gasteiger partial charge in [-0.1, -0.05) is 12.1 Å². The van der Waals surface area contributed by atoms with Gasteiger partial charge in [-0.25, -0.2) is 4.98 Å². The van der Waals surface area contributed by atoms with Gasteiger partial charge in [0.1, 0.15) is 11.6 Å². The van der Waals surface area contributed by atoms with Crippen molar-refractivity contribution >= 4 is 28.9 Å². The minimum absolute atomic E-state index is 0.0145. The number of anilines is 4. The highest BCUT2D eigenvalue weighted by molar-refractivity contribution is 5.95. The van der Waals surface area contributed by atoms with Crippen LogP contribution in [0.4, 0.5) is 23.1 Å². The average molecular weight is 348 g/mol. The molecule has 132 valence electrons. The number of methoxy groups -OCH3 is 1. The van der Waals surface area contributed by atoms with E-state index < -0.39 is 0 Å².